The summed E-state index contributed by atoms with van der Waals surface area (Å²) >= 11 is 0. The second-order valence-corrected chi connectivity index (χ2v) is 3.66. The van der Waals surface area contributed by atoms with E-state index in [4.69, 9.17) is 4.74 Å². The first-order valence-electron chi connectivity index (χ1n) is 4.58. The quantitative estimate of drug-likeness (QED) is 0.712. The lowest BCUT2D eigenvalue weighted by molar-refractivity contribution is 0.130. The average molecular weight is 178 g/mol. The Morgan fingerprint density at radius 2 is 2.23 bits per heavy atom. The molecule has 0 saturated carbocycles. The molecule has 0 saturated heterocycles. The monoisotopic (exact) mass is 178 g/mol. The number of methoxy groups -OCH3 is 1. The minimum absolute atomic E-state index is 0.311. The van der Waals surface area contributed by atoms with Crippen LogP contribution >= 0.6 is 0 Å². The lowest BCUT2D eigenvalue weighted by Crippen LogP contribution is -2.02. The van der Waals surface area contributed by atoms with Crippen molar-refractivity contribution in [1.82, 2.24) is 0 Å². The Balaban J connectivity index is 2.51. The van der Waals surface area contributed by atoms with Crippen LogP contribution in [0.1, 0.15) is 24.2 Å². The maximum absolute atomic E-state index is 9.88. The first-order valence-corrected chi connectivity index (χ1v) is 4.58. The standard InChI is InChI=1S/C11H14O2/c1-7-6-8-4-3-5-9(13-2)10(8)11(7)12/h3-5,7,11-12H,6H2,1-2H3. The number of benzene rings is 1. The van der Waals surface area contributed by atoms with E-state index in [1.807, 2.05) is 12.1 Å². The fourth-order valence-electron chi connectivity index (χ4n) is 2.02. The van der Waals surface area contributed by atoms with Crippen molar-refractivity contribution in [2.45, 2.75) is 19.4 Å². The zero-order valence-electron chi connectivity index (χ0n) is 7.95. The molecule has 1 N–H and O–H groups in total. The molecule has 2 nitrogen and oxygen atoms in total. The molecular formula is C11H14O2. The molecule has 0 amide bonds. The van der Waals surface area contributed by atoms with Crippen LogP contribution in [0.15, 0.2) is 18.2 Å². The van der Waals surface area contributed by atoms with Gasteiger partial charge in [-0.15, -0.1) is 0 Å². The van der Waals surface area contributed by atoms with E-state index in [0.29, 0.717) is 5.92 Å². The SMILES string of the molecule is COc1cccc2c1C(O)C(C)C2. The second-order valence-electron chi connectivity index (χ2n) is 3.66. The van der Waals surface area contributed by atoms with Gasteiger partial charge in [-0.05, 0) is 24.0 Å². The second kappa shape index (κ2) is 3.04. The van der Waals surface area contributed by atoms with Crippen LogP contribution in [0, 0.1) is 5.92 Å². The van der Waals surface area contributed by atoms with E-state index in [-0.39, 0.29) is 6.10 Å². The van der Waals surface area contributed by atoms with Crippen molar-refractivity contribution >= 4 is 0 Å². The summed E-state index contributed by atoms with van der Waals surface area (Å²) < 4.78 is 5.22. The van der Waals surface area contributed by atoms with Crippen LogP contribution in [0.25, 0.3) is 0 Å². The van der Waals surface area contributed by atoms with Crippen LogP contribution in [0.5, 0.6) is 5.75 Å². The number of aliphatic hydroxyl groups is 1. The average Bonchev–Trinajstić information content (AvgIpc) is 2.43. The molecular weight excluding hydrogens is 164 g/mol. The predicted molar refractivity (Wildman–Crippen MR) is 50.8 cm³/mol. The van der Waals surface area contributed by atoms with Crippen molar-refractivity contribution < 1.29 is 9.84 Å². The third-order valence-electron chi connectivity index (χ3n) is 2.75. The molecule has 0 radical (unpaired) electrons. The third-order valence-corrected chi connectivity index (χ3v) is 2.75. The van der Waals surface area contributed by atoms with Crippen molar-refractivity contribution in [1.29, 1.82) is 0 Å². The highest BCUT2D eigenvalue weighted by atomic mass is 16.5. The van der Waals surface area contributed by atoms with Gasteiger partial charge in [-0.3, -0.25) is 0 Å². The fourth-order valence-corrected chi connectivity index (χ4v) is 2.02. The summed E-state index contributed by atoms with van der Waals surface area (Å²) in [4.78, 5) is 0. The molecule has 1 aliphatic rings. The fraction of sp³-hybridized carbons (Fsp3) is 0.455. The third kappa shape index (κ3) is 1.22. The van der Waals surface area contributed by atoms with Crippen LogP contribution in [0.2, 0.25) is 0 Å². The van der Waals surface area contributed by atoms with E-state index in [9.17, 15) is 5.11 Å². The Morgan fingerprint density at radius 3 is 2.92 bits per heavy atom. The Morgan fingerprint density at radius 1 is 1.46 bits per heavy atom. The van der Waals surface area contributed by atoms with Crippen molar-refractivity contribution in [3.05, 3.63) is 29.3 Å². The van der Waals surface area contributed by atoms with Crippen LogP contribution in [0.4, 0.5) is 0 Å². The van der Waals surface area contributed by atoms with Gasteiger partial charge in [-0.1, -0.05) is 19.1 Å². The van der Waals surface area contributed by atoms with E-state index in [1.165, 1.54) is 5.56 Å². The number of aliphatic hydroxyl groups excluding tert-OH is 1. The molecule has 1 aromatic rings. The smallest absolute Gasteiger partial charge is 0.124 e. The number of hydrogen-bond donors (Lipinski definition) is 1. The Hall–Kier alpha value is -1.02. The van der Waals surface area contributed by atoms with Gasteiger partial charge in [0.05, 0.1) is 13.2 Å². The molecule has 0 fully saturated rings. The van der Waals surface area contributed by atoms with Gasteiger partial charge >= 0.3 is 0 Å². The predicted octanol–water partition coefficient (Wildman–Crippen LogP) is 1.92. The summed E-state index contributed by atoms with van der Waals surface area (Å²) in [5.74, 6) is 1.13. The minimum Gasteiger partial charge on any atom is -0.496 e. The summed E-state index contributed by atoms with van der Waals surface area (Å²) in [7, 11) is 1.64. The number of rotatable bonds is 1. The molecule has 2 rings (SSSR count). The topological polar surface area (TPSA) is 29.5 Å². The largest absolute Gasteiger partial charge is 0.496 e. The lowest BCUT2D eigenvalue weighted by atomic mass is 10.1. The number of ether oxygens (including phenoxy) is 1. The molecule has 0 aromatic heterocycles. The first kappa shape index (κ1) is 8.57. The van der Waals surface area contributed by atoms with Crippen LogP contribution < -0.4 is 4.74 Å². The molecule has 0 heterocycles. The highest BCUT2D eigenvalue weighted by Crippen LogP contribution is 2.40. The Bertz CT molecular complexity index is 320. The molecule has 1 aromatic carbocycles. The molecule has 13 heavy (non-hydrogen) atoms. The molecule has 2 unspecified atom stereocenters. The van der Waals surface area contributed by atoms with E-state index in [0.717, 1.165) is 17.7 Å². The molecule has 0 bridgehead atoms. The maximum atomic E-state index is 9.88. The van der Waals surface area contributed by atoms with E-state index >= 15 is 0 Å². The van der Waals surface area contributed by atoms with Gasteiger partial charge in [0, 0.05) is 5.56 Å². The van der Waals surface area contributed by atoms with Gasteiger partial charge in [-0.25, -0.2) is 0 Å². The van der Waals surface area contributed by atoms with Crippen molar-refractivity contribution in [2.24, 2.45) is 5.92 Å². The van der Waals surface area contributed by atoms with Gasteiger partial charge < -0.3 is 9.84 Å². The van der Waals surface area contributed by atoms with Gasteiger partial charge in [0.1, 0.15) is 5.75 Å². The summed E-state index contributed by atoms with van der Waals surface area (Å²) in [5, 5.41) is 9.88. The van der Waals surface area contributed by atoms with Crippen molar-refractivity contribution in [3.63, 3.8) is 0 Å². The van der Waals surface area contributed by atoms with E-state index in [1.54, 1.807) is 7.11 Å². The summed E-state index contributed by atoms with van der Waals surface area (Å²) in [5.41, 5.74) is 2.21. The van der Waals surface area contributed by atoms with E-state index in [2.05, 4.69) is 13.0 Å². The Kier molecular flexibility index (Phi) is 2.00. The zero-order chi connectivity index (χ0) is 9.42. The minimum atomic E-state index is -0.355. The summed E-state index contributed by atoms with van der Waals surface area (Å²) in [6, 6.07) is 5.94. The molecule has 1 aliphatic carbocycles. The lowest BCUT2D eigenvalue weighted by Gasteiger charge is -2.11. The van der Waals surface area contributed by atoms with Gasteiger partial charge in [0.25, 0.3) is 0 Å². The van der Waals surface area contributed by atoms with Gasteiger partial charge in [-0.2, -0.15) is 0 Å². The van der Waals surface area contributed by atoms with Crippen molar-refractivity contribution in [2.75, 3.05) is 7.11 Å². The molecule has 0 aliphatic heterocycles. The Labute approximate surface area is 78.2 Å². The van der Waals surface area contributed by atoms with E-state index < -0.39 is 0 Å². The van der Waals surface area contributed by atoms with Gasteiger partial charge in [0.15, 0.2) is 0 Å². The van der Waals surface area contributed by atoms with Crippen LogP contribution in [-0.2, 0) is 6.42 Å². The molecule has 2 atom stereocenters. The zero-order valence-corrected chi connectivity index (χ0v) is 7.95. The van der Waals surface area contributed by atoms with Gasteiger partial charge in [0.2, 0.25) is 0 Å². The van der Waals surface area contributed by atoms with Crippen LogP contribution in [0.3, 0.4) is 0 Å². The number of fused-ring (bicyclic) bond motifs is 1. The summed E-state index contributed by atoms with van der Waals surface area (Å²) in [6.07, 6.45) is 0.597. The van der Waals surface area contributed by atoms with Crippen molar-refractivity contribution in [3.8, 4) is 5.75 Å². The first-order chi connectivity index (χ1) is 6.24. The highest BCUT2D eigenvalue weighted by Gasteiger charge is 2.30. The normalized spacial score (nSPS) is 25.8. The maximum Gasteiger partial charge on any atom is 0.124 e. The summed E-state index contributed by atoms with van der Waals surface area (Å²) in [6.45, 7) is 2.06. The number of hydrogen-bond acceptors (Lipinski definition) is 2. The molecule has 2 heteroatoms. The molecule has 0 spiro atoms. The van der Waals surface area contributed by atoms with Crippen LogP contribution in [-0.4, -0.2) is 12.2 Å². The molecule has 70 valence electrons. The highest BCUT2D eigenvalue weighted by molar-refractivity contribution is 5.45.